The number of pyridine rings is 1. The third-order valence-electron chi connectivity index (χ3n) is 2.56. The van der Waals surface area contributed by atoms with Crippen molar-refractivity contribution in [1.29, 1.82) is 0 Å². The number of halogens is 3. The summed E-state index contributed by atoms with van der Waals surface area (Å²) in [5.41, 5.74) is 2.25. The maximum absolute atomic E-state index is 12.4. The number of nitrogens with zero attached hydrogens (tertiary/aromatic N) is 2. The zero-order valence-electron chi connectivity index (χ0n) is 10.6. The predicted octanol–water partition coefficient (Wildman–Crippen LogP) is 2.86. The van der Waals surface area contributed by atoms with Crippen molar-refractivity contribution in [3.05, 3.63) is 65.5 Å². The van der Waals surface area contributed by atoms with E-state index in [0.717, 1.165) is 29.8 Å². The fourth-order valence-electron chi connectivity index (χ4n) is 1.49. The Balaban J connectivity index is 1.99. The first-order chi connectivity index (χ1) is 9.97. The number of carbonyl (C=O) groups excluding carboxylic acids is 1. The minimum atomic E-state index is -4.42. The molecule has 0 aliphatic rings. The van der Waals surface area contributed by atoms with Crippen LogP contribution in [0.15, 0.2) is 53.9 Å². The van der Waals surface area contributed by atoms with Gasteiger partial charge in [0.1, 0.15) is 0 Å². The van der Waals surface area contributed by atoms with Gasteiger partial charge in [-0.05, 0) is 42.0 Å². The van der Waals surface area contributed by atoms with Gasteiger partial charge in [0.05, 0.1) is 11.8 Å². The maximum Gasteiger partial charge on any atom is 0.416 e. The summed E-state index contributed by atoms with van der Waals surface area (Å²) in [5.74, 6) is -0.589. The fourth-order valence-corrected chi connectivity index (χ4v) is 1.49. The van der Waals surface area contributed by atoms with E-state index in [9.17, 15) is 18.0 Å². The van der Waals surface area contributed by atoms with Gasteiger partial charge >= 0.3 is 6.18 Å². The second-order valence-electron chi connectivity index (χ2n) is 4.05. The lowest BCUT2D eigenvalue weighted by molar-refractivity contribution is -0.137. The predicted molar refractivity (Wildman–Crippen MR) is 70.7 cm³/mol. The highest BCUT2D eigenvalue weighted by molar-refractivity contribution is 5.94. The first kappa shape index (κ1) is 14.7. The summed E-state index contributed by atoms with van der Waals surface area (Å²) >= 11 is 0. The number of hydrogen-bond acceptors (Lipinski definition) is 3. The Morgan fingerprint density at radius 3 is 2.29 bits per heavy atom. The number of aromatic nitrogens is 1. The average Bonchev–Trinajstić information content (AvgIpc) is 2.47. The topological polar surface area (TPSA) is 54.4 Å². The molecule has 7 heteroatoms. The summed E-state index contributed by atoms with van der Waals surface area (Å²) in [6.45, 7) is 0. The lowest BCUT2D eigenvalue weighted by Crippen LogP contribution is -2.18. The molecule has 1 amide bonds. The number of benzene rings is 1. The Bertz CT molecular complexity index is 637. The van der Waals surface area contributed by atoms with E-state index in [2.05, 4.69) is 15.5 Å². The standard InChI is InChI=1S/C14H10F3N3O/c15-14(16,17)12-3-1-11(2-4-12)13(21)20-19-9-10-5-7-18-8-6-10/h1-9H,(H,20,21). The van der Waals surface area contributed by atoms with Crippen LogP contribution in [0.5, 0.6) is 0 Å². The Morgan fingerprint density at radius 2 is 1.71 bits per heavy atom. The lowest BCUT2D eigenvalue weighted by Gasteiger charge is -2.06. The van der Waals surface area contributed by atoms with Crippen LogP contribution >= 0.6 is 0 Å². The molecule has 0 atom stereocenters. The van der Waals surface area contributed by atoms with Crippen molar-refractivity contribution in [2.24, 2.45) is 5.10 Å². The number of rotatable bonds is 3. The van der Waals surface area contributed by atoms with Gasteiger partial charge in [-0.25, -0.2) is 5.43 Å². The minimum absolute atomic E-state index is 0.0925. The van der Waals surface area contributed by atoms with Crippen LogP contribution in [0.1, 0.15) is 21.5 Å². The van der Waals surface area contributed by atoms with Gasteiger partial charge in [0, 0.05) is 18.0 Å². The van der Waals surface area contributed by atoms with Crippen LogP contribution in [-0.4, -0.2) is 17.1 Å². The molecule has 0 fully saturated rings. The molecule has 4 nitrogen and oxygen atoms in total. The minimum Gasteiger partial charge on any atom is -0.267 e. The molecule has 0 bridgehead atoms. The maximum atomic E-state index is 12.4. The van der Waals surface area contributed by atoms with Crippen molar-refractivity contribution in [1.82, 2.24) is 10.4 Å². The molecule has 0 unspecified atom stereocenters. The Hall–Kier alpha value is -2.70. The van der Waals surface area contributed by atoms with E-state index in [0.29, 0.717) is 0 Å². The smallest absolute Gasteiger partial charge is 0.267 e. The molecule has 1 heterocycles. The van der Waals surface area contributed by atoms with E-state index in [1.165, 1.54) is 6.21 Å². The fraction of sp³-hybridized carbons (Fsp3) is 0.0714. The number of amides is 1. The number of alkyl halides is 3. The van der Waals surface area contributed by atoms with Gasteiger partial charge < -0.3 is 0 Å². The van der Waals surface area contributed by atoms with Gasteiger partial charge in [-0.1, -0.05) is 0 Å². The van der Waals surface area contributed by atoms with E-state index < -0.39 is 17.6 Å². The molecule has 0 radical (unpaired) electrons. The second-order valence-corrected chi connectivity index (χ2v) is 4.05. The van der Waals surface area contributed by atoms with Crippen LogP contribution in [-0.2, 0) is 6.18 Å². The zero-order chi connectivity index (χ0) is 15.3. The first-order valence-corrected chi connectivity index (χ1v) is 5.87. The van der Waals surface area contributed by atoms with Crippen LogP contribution in [0.2, 0.25) is 0 Å². The summed E-state index contributed by atoms with van der Waals surface area (Å²) in [7, 11) is 0. The number of carbonyl (C=O) groups is 1. The molecule has 2 rings (SSSR count). The zero-order valence-corrected chi connectivity index (χ0v) is 10.6. The van der Waals surface area contributed by atoms with Crippen molar-refractivity contribution in [2.75, 3.05) is 0 Å². The summed E-state index contributed by atoms with van der Waals surface area (Å²) < 4.78 is 37.1. The summed E-state index contributed by atoms with van der Waals surface area (Å²) in [4.78, 5) is 15.5. The van der Waals surface area contributed by atoms with E-state index in [1.54, 1.807) is 24.5 Å². The molecular weight excluding hydrogens is 283 g/mol. The van der Waals surface area contributed by atoms with Crippen LogP contribution in [0.4, 0.5) is 13.2 Å². The SMILES string of the molecule is O=C(NN=Cc1ccncc1)c1ccc(C(F)(F)F)cc1. The molecule has 0 aliphatic carbocycles. The summed E-state index contributed by atoms with van der Waals surface area (Å²) in [6, 6.07) is 7.27. The second kappa shape index (κ2) is 6.17. The highest BCUT2D eigenvalue weighted by Crippen LogP contribution is 2.28. The third kappa shape index (κ3) is 4.13. The summed E-state index contributed by atoms with van der Waals surface area (Å²) in [5, 5.41) is 3.71. The third-order valence-corrected chi connectivity index (χ3v) is 2.56. The highest BCUT2D eigenvalue weighted by atomic mass is 19.4. The quantitative estimate of drug-likeness (QED) is 0.699. The highest BCUT2D eigenvalue weighted by Gasteiger charge is 2.30. The van der Waals surface area contributed by atoms with E-state index in [-0.39, 0.29) is 5.56 Å². The molecule has 0 spiro atoms. The monoisotopic (exact) mass is 293 g/mol. The molecular formula is C14H10F3N3O. The normalized spacial score (nSPS) is 11.6. The Kier molecular flexibility index (Phi) is 4.32. The van der Waals surface area contributed by atoms with Gasteiger partial charge in [-0.2, -0.15) is 18.3 Å². The number of hydrazone groups is 1. The molecule has 1 N–H and O–H groups in total. The lowest BCUT2D eigenvalue weighted by atomic mass is 10.1. The van der Waals surface area contributed by atoms with E-state index >= 15 is 0 Å². The molecule has 0 saturated heterocycles. The molecule has 1 aromatic heterocycles. The van der Waals surface area contributed by atoms with Gasteiger partial charge in [-0.15, -0.1) is 0 Å². The van der Waals surface area contributed by atoms with Crippen LogP contribution in [0.25, 0.3) is 0 Å². The van der Waals surface area contributed by atoms with E-state index in [4.69, 9.17) is 0 Å². The van der Waals surface area contributed by atoms with Crippen molar-refractivity contribution < 1.29 is 18.0 Å². The molecule has 0 aliphatic heterocycles. The summed E-state index contributed by atoms with van der Waals surface area (Å²) in [6.07, 6.45) is 0.121. The average molecular weight is 293 g/mol. The van der Waals surface area contributed by atoms with Gasteiger partial charge in [0.15, 0.2) is 0 Å². The van der Waals surface area contributed by atoms with Crippen LogP contribution < -0.4 is 5.43 Å². The Morgan fingerprint density at radius 1 is 1.10 bits per heavy atom. The largest absolute Gasteiger partial charge is 0.416 e. The van der Waals surface area contributed by atoms with Crippen molar-refractivity contribution in [3.63, 3.8) is 0 Å². The van der Waals surface area contributed by atoms with Gasteiger partial charge in [0.25, 0.3) is 5.91 Å². The molecule has 21 heavy (non-hydrogen) atoms. The van der Waals surface area contributed by atoms with E-state index in [1.807, 2.05) is 0 Å². The number of nitrogens with one attached hydrogen (secondary N) is 1. The first-order valence-electron chi connectivity index (χ1n) is 5.87. The van der Waals surface area contributed by atoms with Crippen LogP contribution in [0.3, 0.4) is 0 Å². The van der Waals surface area contributed by atoms with Crippen LogP contribution in [0, 0.1) is 0 Å². The van der Waals surface area contributed by atoms with Gasteiger partial charge in [0.2, 0.25) is 0 Å². The molecule has 108 valence electrons. The van der Waals surface area contributed by atoms with Crippen molar-refractivity contribution in [3.8, 4) is 0 Å². The van der Waals surface area contributed by atoms with Gasteiger partial charge in [-0.3, -0.25) is 9.78 Å². The number of hydrogen-bond donors (Lipinski definition) is 1. The Labute approximate surface area is 118 Å². The molecule has 0 saturated carbocycles. The molecule has 2 aromatic rings. The molecule has 1 aromatic carbocycles. The van der Waals surface area contributed by atoms with Crippen molar-refractivity contribution in [2.45, 2.75) is 6.18 Å². The van der Waals surface area contributed by atoms with Crippen molar-refractivity contribution >= 4 is 12.1 Å².